The number of halogens is 1. The maximum atomic E-state index is 13.8. The number of para-hydroxylation sites is 2. The molecule has 0 fully saturated rings. The van der Waals surface area contributed by atoms with E-state index in [9.17, 15) is 4.39 Å². The quantitative estimate of drug-likeness (QED) is 0.655. The molecule has 0 aliphatic heterocycles. The standard InChI is InChI=1S/C18H19FN2O/c1-2-3-6-11-22-17-12-13(9-10-14(17)19)18-20-15-7-4-5-8-16(15)21-18/h4-5,7-10,12H,2-3,6,11H2,1H3,(H,20,21). The molecule has 22 heavy (non-hydrogen) atoms. The van der Waals surface area contributed by atoms with Crippen LogP contribution in [0.5, 0.6) is 5.75 Å². The van der Waals surface area contributed by atoms with E-state index < -0.39 is 0 Å². The van der Waals surface area contributed by atoms with Crippen LogP contribution >= 0.6 is 0 Å². The molecular weight excluding hydrogens is 279 g/mol. The van der Waals surface area contributed by atoms with Crippen molar-refractivity contribution in [2.45, 2.75) is 26.2 Å². The summed E-state index contributed by atoms with van der Waals surface area (Å²) in [6.07, 6.45) is 3.14. The molecular formula is C18H19FN2O. The molecule has 4 heteroatoms. The lowest BCUT2D eigenvalue weighted by Gasteiger charge is -2.08. The molecule has 0 unspecified atom stereocenters. The van der Waals surface area contributed by atoms with Gasteiger partial charge >= 0.3 is 0 Å². The Labute approximate surface area is 129 Å². The molecule has 0 amide bonds. The Kier molecular flexibility index (Phi) is 4.37. The number of nitrogens with zero attached hydrogens (tertiary/aromatic N) is 1. The zero-order valence-electron chi connectivity index (χ0n) is 12.6. The fourth-order valence-corrected chi connectivity index (χ4v) is 2.38. The lowest BCUT2D eigenvalue weighted by atomic mass is 10.2. The Morgan fingerprint density at radius 2 is 2.00 bits per heavy atom. The van der Waals surface area contributed by atoms with Crippen LogP contribution in [0.1, 0.15) is 26.2 Å². The normalized spacial score (nSPS) is 11.0. The Hall–Kier alpha value is -2.36. The number of benzene rings is 2. The third-order valence-corrected chi connectivity index (χ3v) is 3.60. The second kappa shape index (κ2) is 6.60. The SMILES string of the molecule is CCCCCOc1cc(-c2nc3ccccc3[nH]2)ccc1F. The van der Waals surface area contributed by atoms with Gasteiger partial charge in [-0.2, -0.15) is 0 Å². The predicted octanol–water partition coefficient (Wildman–Crippen LogP) is 4.94. The molecule has 3 rings (SSSR count). The molecule has 0 bridgehead atoms. The average Bonchev–Trinajstić information content (AvgIpc) is 2.97. The van der Waals surface area contributed by atoms with Crippen LogP contribution in [0.4, 0.5) is 4.39 Å². The van der Waals surface area contributed by atoms with Crippen molar-refractivity contribution in [3.63, 3.8) is 0 Å². The summed E-state index contributed by atoms with van der Waals surface area (Å²) in [5, 5.41) is 0. The molecule has 0 saturated heterocycles. The molecule has 0 aliphatic rings. The zero-order valence-corrected chi connectivity index (χ0v) is 12.6. The second-order valence-electron chi connectivity index (χ2n) is 5.30. The van der Waals surface area contributed by atoms with Crippen molar-refractivity contribution in [1.29, 1.82) is 0 Å². The van der Waals surface area contributed by atoms with Crippen molar-refractivity contribution in [3.05, 3.63) is 48.3 Å². The molecule has 114 valence electrons. The van der Waals surface area contributed by atoms with E-state index in [4.69, 9.17) is 4.74 Å². The van der Waals surface area contributed by atoms with Gasteiger partial charge in [-0.25, -0.2) is 9.37 Å². The minimum absolute atomic E-state index is 0.286. The van der Waals surface area contributed by atoms with E-state index in [1.807, 2.05) is 24.3 Å². The number of nitrogens with one attached hydrogen (secondary N) is 1. The van der Waals surface area contributed by atoms with Crippen molar-refractivity contribution in [2.75, 3.05) is 6.61 Å². The van der Waals surface area contributed by atoms with E-state index in [2.05, 4.69) is 16.9 Å². The largest absolute Gasteiger partial charge is 0.490 e. The van der Waals surface area contributed by atoms with Gasteiger partial charge < -0.3 is 9.72 Å². The Balaban J connectivity index is 1.84. The zero-order chi connectivity index (χ0) is 15.4. The number of imidazole rings is 1. The van der Waals surface area contributed by atoms with Gasteiger partial charge in [0.05, 0.1) is 17.6 Å². The Morgan fingerprint density at radius 3 is 2.82 bits per heavy atom. The number of hydrogen-bond donors (Lipinski definition) is 1. The lowest BCUT2D eigenvalue weighted by molar-refractivity contribution is 0.291. The highest BCUT2D eigenvalue weighted by Crippen LogP contribution is 2.26. The van der Waals surface area contributed by atoms with E-state index in [1.54, 1.807) is 12.1 Å². The van der Waals surface area contributed by atoms with Crippen molar-refractivity contribution >= 4 is 11.0 Å². The van der Waals surface area contributed by atoms with E-state index in [1.165, 1.54) is 6.07 Å². The molecule has 1 N–H and O–H groups in total. The van der Waals surface area contributed by atoms with Gasteiger partial charge in [-0.1, -0.05) is 31.9 Å². The maximum Gasteiger partial charge on any atom is 0.165 e. The molecule has 2 aromatic carbocycles. The summed E-state index contributed by atoms with van der Waals surface area (Å²) in [4.78, 5) is 7.78. The summed E-state index contributed by atoms with van der Waals surface area (Å²) in [5.41, 5.74) is 2.68. The van der Waals surface area contributed by atoms with Crippen LogP contribution in [0, 0.1) is 5.82 Å². The first kappa shape index (κ1) is 14.6. The molecule has 0 radical (unpaired) electrons. The van der Waals surface area contributed by atoms with Crippen LogP contribution in [0.3, 0.4) is 0 Å². The van der Waals surface area contributed by atoms with Crippen LogP contribution in [0.15, 0.2) is 42.5 Å². The molecule has 3 nitrogen and oxygen atoms in total. The number of fused-ring (bicyclic) bond motifs is 1. The number of unbranched alkanes of at least 4 members (excludes halogenated alkanes) is 2. The lowest BCUT2D eigenvalue weighted by Crippen LogP contribution is -1.99. The van der Waals surface area contributed by atoms with Crippen molar-refractivity contribution in [1.82, 2.24) is 9.97 Å². The van der Waals surface area contributed by atoms with E-state index in [0.29, 0.717) is 6.61 Å². The third kappa shape index (κ3) is 3.11. The van der Waals surface area contributed by atoms with Gasteiger partial charge in [0.1, 0.15) is 5.82 Å². The van der Waals surface area contributed by atoms with Gasteiger partial charge in [-0.3, -0.25) is 0 Å². The first-order valence-corrected chi connectivity index (χ1v) is 7.65. The Bertz CT molecular complexity index is 734. The fourth-order valence-electron chi connectivity index (χ4n) is 2.38. The first-order chi connectivity index (χ1) is 10.8. The summed E-state index contributed by atoms with van der Waals surface area (Å²) >= 11 is 0. The summed E-state index contributed by atoms with van der Waals surface area (Å²) in [6.45, 7) is 2.66. The van der Waals surface area contributed by atoms with Crippen LogP contribution < -0.4 is 4.74 Å². The molecule has 0 saturated carbocycles. The van der Waals surface area contributed by atoms with Crippen molar-refractivity contribution in [2.24, 2.45) is 0 Å². The summed E-state index contributed by atoms with van der Waals surface area (Å²) in [6, 6.07) is 12.7. The van der Waals surface area contributed by atoms with Gasteiger partial charge in [0, 0.05) is 5.56 Å². The van der Waals surface area contributed by atoms with E-state index in [0.717, 1.165) is 41.7 Å². The number of hydrogen-bond acceptors (Lipinski definition) is 2. The molecule has 1 heterocycles. The number of H-pyrrole nitrogens is 1. The number of rotatable bonds is 6. The van der Waals surface area contributed by atoms with Gasteiger partial charge in [-0.15, -0.1) is 0 Å². The van der Waals surface area contributed by atoms with Gasteiger partial charge in [0.2, 0.25) is 0 Å². The highest BCUT2D eigenvalue weighted by atomic mass is 19.1. The number of ether oxygens (including phenoxy) is 1. The smallest absolute Gasteiger partial charge is 0.165 e. The maximum absolute atomic E-state index is 13.8. The van der Waals surface area contributed by atoms with Crippen LogP contribution in [0.25, 0.3) is 22.4 Å². The monoisotopic (exact) mass is 298 g/mol. The summed E-state index contributed by atoms with van der Waals surface area (Å²) in [7, 11) is 0. The van der Waals surface area contributed by atoms with Crippen LogP contribution in [0.2, 0.25) is 0 Å². The summed E-state index contributed by atoms with van der Waals surface area (Å²) < 4.78 is 19.4. The van der Waals surface area contributed by atoms with Crippen molar-refractivity contribution in [3.8, 4) is 17.1 Å². The highest BCUT2D eigenvalue weighted by molar-refractivity contribution is 5.79. The van der Waals surface area contributed by atoms with Crippen LogP contribution in [-0.4, -0.2) is 16.6 Å². The van der Waals surface area contributed by atoms with Crippen LogP contribution in [-0.2, 0) is 0 Å². The van der Waals surface area contributed by atoms with Crippen molar-refractivity contribution < 1.29 is 9.13 Å². The molecule has 0 aliphatic carbocycles. The number of aromatic nitrogens is 2. The van der Waals surface area contributed by atoms with E-state index >= 15 is 0 Å². The first-order valence-electron chi connectivity index (χ1n) is 7.65. The van der Waals surface area contributed by atoms with E-state index in [-0.39, 0.29) is 11.6 Å². The predicted molar refractivity (Wildman–Crippen MR) is 86.5 cm³/mol. The molecule has 0 atom stereocenters. The number of aromatic amines is 1. The minimum atomic E-state index is -0.337. The van der Waals surface area contributed by atoms with Gasteiger partial charge in [-0.05, 0) is 36.8 Å². The van der Waals surface area contributed by atoms with Gasteiger partial charge in [0.25, 0.3) is 0 Å². The molecule has 0 spiro atoms. The average molecular weight is 298 g/mol. The third-order valence-electron chi connectivity index (χ3n) is 3.60. The fraction of sp³-hybridized carbons (Fsp3) is 0.278. The molecule has 3 aromatic rings. The second-order valence-corrected chi connectivity index (χ2v) is 5.30. The topological polar surface area (TPSA) is 37.9 Å². The molecule has 1 aromatic heterocycles. The minimum Gasteiger partial charge on any atom is -0.490 e. The highest BCUT2D eigenvalue weighted by Gasteiger charge is 2.09. The summed E-state index contributed by atoms with van der Waals surface area (Å²) in [5.74, 6) is 0.671. The van der Waals surface area contributed by atoms with Gasteiger partial charge in [0.15, 0.2) is 11.6 Å². The Morgan fingerprint density at radius 1 is 1.14 bits per heavy atom.